The minimum absolute atomic E-state index is 0.170. The molecule has 0 aliphatic rings. The minimum Gasteiger partial charge on any atom is -0.366 e. The van der Waals surface area contributed by atoms with E-state index in [1.54, 1.807) is 6.07 Å². The zero-order valence-electron chi connectivity index (χ0n) is 10.7. The van der Waals surface area contributed by atoms with E-state index in [2.05, 4.69) is 5.32 Å². The molecule has 0 spiro atoms. The standard InChI is InChI=1S/C15H10F4N2/c16-10-5-7-11(8-6-10)21-14(9-20)12-3-1-2-4-13(12)15(17,18)19/h1-8,14,21H. The largest absolute Gasteiger partial charge is 0.416 e. The zero-order chi connectivity index (χ0) is 15.5. The molecule has 2 aromatic rings. The molecule has 0 aliphatic heterocycles. The fraction of sp³-hybridized carbons (Fsp3) is 0.133. The highest BCUT2D eigenvalue weighted by Crippen LogP contribution is 2.35. The molecule has 0 aromatic heterocycles. The molecule has 1 unspecified atom stereocenters. The number of nitriles is 1. The van der Waals surface area contributed by atoms with Crippen LogP contribution in [0.5, 0.6) is 0 Å². The zero-order valence-corrected chi connectivity index (χ0v) is 10.7. The van der Waals surface area contributed by atoms with Gasteiger partial charge in [0.15, 0.2) is 0 Å². The normalized spacial score (nSPS) is 12.5. The second-order valence-electron chi connectivity index (χ2n) is 4.30. The number of alkyl halides is 3. The molecule has 0 saturated heterocycles. The summed E-state index contributed by atoms with van der Waals surface area (Å²) in [6.45, 7) is 0. The van der Waals surface area contributed by atoms with Crippen LogP contribution in [0.3, 0.4) is 0 Å². The third-order valence-electron chi connectivity index (χ3n) is 2.86. The van der Waals surface area contributed by atoms with Gasteiger partial charge in [0.2, 0.25) is 0 Å². The highest BCUT2D eigenvalue weighted by Gasteiger charge is 2.35. The van der Waals surface area contributed by atoms with Crippen molar-refractivity contribution in [2.75, 3.05) is 5.32 Å². The predicted octanol–water partition coefficient (Wildman–Crippen LogP) is 4.52. The number of hydrogen-bond acceptors (Lipinski definition) is 2. The highest BCUT2D eigenvalue weighted by molar-refractivity contribution is 5.49. The van der Waals surface area contributed by atoms with E-state index in [0.717, 1.165) is 18.2 Å². The first-order chi connectivity index (χ1) is 9.91. The van der Waals surface area contributed by atoms with Crippen molar-refractivity contribution in [3.8, 4) is 6.07 Å². The monoisotopic (exact) mass is 294 g/mol. The van der Waals surface area contributed by atoms with E-state index in [-0.39, 0.29) is 5.56 Å². The third-order valence-corrected chi connectivity index (χ3v) is 2.86. The lowest BCUT2D eigenvalue weighted by Gasteiger charge is -2.18. The van der Waals surface area contributed by atoms with Crippen LogP contribution in [0.4, 0.5) is 23.2 Å². The molecule has 108 valence electrons. The Labute approximate surface area is 118 Å². The first kappa shape index (κ1) is 14.9. The molecule has 1 atom stereocenters. The average Bonchev–Trinajstić information content (AvgIpc) is 2.46. The lowest BCUT2D eigenvalue weighted by atomic mass is 10.0. The third kappa shape index (κ3) is 3.51. The van der Waals surface area contributed by atoms with Crippen LogP contribution in [0.1, 0.15) is 17.2 Å². The van der Waals surface area contributed by atoms with Crippen LogP contribution >= 0.6 is 0 Å². The van der Waals surface area contributed by atoms with E-state index in [1.165, 1.54) is 30.3 Å². The fourth-order valence-electron chi connectivity index (χ4n) is 1.90. The van der Waals surface area contributed by atoms with E-state index >= 15 is 0 Å². The number of benzene rings is 2. The van der Waals surface area contributed by atoms with Crippen molar-refractivity contribution in [3.05, 3.63) is 65.5 Å². The molecular formula is C15H10F4N2. The molecule has 6 heteroatoms. The van der Waals surface area contributed by atoms with Gasteiger partial charge in [0, 0.05) is 11.3 Å². The van der Waals surface area contributed by atoms with Gasteiger partial charge in [0.1, 0.15) is 11.9 Å². The molecule has 1 N–H and O–H groups in total. The number of halogens is 4. The van der Waals surface area contributed by atoms with Crippen molar-refractivity contribution < 1.29 is 17.6 Å². The van der Waals surface area contributed by atoms with Gasteiger partial charge >= 0.3 is 6.18 Å². The van der Waals surface area contributed by atoms with Crippen molar-refractivity contribution >= 4 is 5.69 Å². The van der Waals surface area contributed by atoms with Gasteiger partial charge in [0.05, 0.1) is 11.6 Å². The lowest BCUT2D eigenvalue weighted by molar-refractivity contribution is -0.138. The molecule has 2 nitrogen and oxygen atoms in total. The lowest BCUT2D eigenvalue weighted by Crippen LogP contribution is -2.16. The summed E-state index contributed by atoms with van der Waals surface area (Å²) in [5, 5.41) is 11.8. The second kappa shape index (κ2) is 5.83. The van der Waals surface area contributed by atoms with Gasteiger partial charge in [-0.2, -0.15) is 18.4 Å². The Morgan fingerprint density at radius 2 is 1.62 bits per heavy atom. The van der Waals surface area contributed by atoms with Crippen LogP contribution in [0.2, 0.25) is 0 Å². The SMILES string of the molecule is N#CC(Nc1ccc(F)cc1)c1ccccc1C(F)(F)F. The summed E-state index contributed by atoms with van der Waals surface area (Å²) in [7, 11) is 0. The molecule has 0 saturated carbocycles. The van der Waals surface area contributed by atoms with Crippen LogP contribution in [-0.4, -0.2) is 0 Å². The Balaban J connectivity index is 2.35. The molecule has 2 aromatic carbocycles. The topological polar surface area (TPSA) is 35.8 Å². The van der Waals surface area contributed by atoms with Crippen molar-refractivity contribution in [2.45, 2.75) is 12.2 Å². The molecule has 0 bridgehead atoms. The Morgan fingerprint density at radius 1 is 1.00 bits per heavy atom. The van der Waals surface area contributed by atoms with Crippen LogP contribution in [0.15, 0.2) is 48.5 Å². The molecule has 0 heterocycles. The maximum atomic E-state index is 12.9. The summed E-state index contributed by atoms with van der Waals surface area (Å²) in [5.74, 6) is -0.468. The van der Waals surface area contributed by atoms with Gasteiger partial charge in [-0.15, -0.1) is 0 Å². The van der Waals surface area contributed by atoms with Gasteiger partial charge in [-0.3, -0.25) is 0 Å². The molecule has 0 fully saturated rings. The molecular weight excluding hydrogens is 284 g/mol. The number of nitrogens with one attached hydrogen (secondary N) is 1. The van der Waals surface area contributed by atoms with E-state index in [4.69, 9.17) is 5.26 Å². The summed E-state index contributed by atoms with van der Waals surface area (Å²) in [5.41, 5.74) is -0.678. The van der Waals surface area contributed by atoms with Gasteiger partial charge < -0.3 is 5.32 Å². The number of anilines is 1. The highest BCUT2D eigenvalue weighted by atomic mass is 19.4. The van der Waals surface area contributed by atoms with Gasteiger partial charge in [0.25, 0.3) is 0 Å². The summed E-state index contributed by atoms with van der Waals surface area (Å²) >= 11 is 0. The summed E-state index contributed by atoms with van der Waals surface area (Å²) in [6, 6.07) is 10.5. The maximum Gasteiger partial charge on any atom is 0.416 e. The Bertz CT molecular complexity index is 657. The fourth-order valence-corrected chi connectivity index (χ4v) is 1.90. The molecule has 0 amide bonds. The van der Waals surface area contributed by atoms with Crippen molar-refractivity contribution in [2.24, 2.45) is 0 Å². The second-order valence-corrected chi connectivity index (χ2v) is 4.30. The van der Waals surface area contributed by atoms with E-state index < -0.39 is 23.6 Å². The molecule has 21 heavy (non-hydrogen) atoms. The Hall–Kier alpha value is -2.55. The van der Waals surface area contributed by atoms with E-state index in [9.17, 15) is 17.6 Å². The van der Waals surface area contributed by atoms with Crippen LogP contribution in [-0.2, 0) is 6.18 Å². The predicted molar refractivity (Wildman–Crippen MR) is 69.8 cm³/mol. The summed E-state index contributed by atoms with van der Waals surface area (Å²) < 4.78 is 51.7. The number of hydrogen-bond donors (Lipinski definition) is 1. The minimum atomic E-state index is -4.55. The number of nitrogens with zero attached hydrogens (tertiary/aromatic N) is 1. The Morgan fingerprint density at radius 3 is 2.19 bits per heavy atom. The van der Waals surface area contributed by atoms with Gasteiger partial charge in [-0.1, -0.05) is 18.2 Å². The molecule has 0 radical (unpaired) electrons. The first-order valence-corrected chi connectivity index (χ1v) is 5.99. The van der Waals surface area contributed by atoms with Crippen molar-refractivity contribution in [1.82, 2.24) is 0 Å². The summed E-state index contributed by atoms with van der Waals surface area (Å²) in [6.07, 6.45) is -4.55. The van der Waals surface area contributed by atoms with Crippen molar-refractivity contribution in [3.63, 3.8) is 0 Å². The summed E-state index contributed by atoms with van der Waals surface area (Å²) in [4.78, 5) is 0. The van der Waals surface area contributed by atoms with Crippen LogP contribution in [0, 0.1) is 17.1 Å². The maximum absolute atomic E-state index is 12.9. The molecule has 0 aliphatic carbocycles. The van der Waals surface area contributed by atoms with Crippen molar-refractivity contribution in [1.29, 1.82) is 5.26 Å². The van der Waals surface area contributed by atoms with Gasteiger partial charge in [-0.25, -0.2) is 4.39 Å². The van der Waals surface area contributed by atoms with Crippen LogP contribution < -0.4 is 5.32 Å². The van der Waals surface area contributed by atoms with E-state index in [0.29, 0.717) is 5.69 Å². The number of rotatable bonds is 3. The molecule has 2 rings (SSSR count). The Kier molecular flexibility index (Phi) is 4.13. The quantitative estimate of drug-likeness (QED) is 0.845. The van der Waals surface area contributed by atoms with Gasteiger partial charge in [-0.05, 0) is 30.3 Å². The first-order valence-electron chi connectivity index (χ1n) is 5.99. The smallest absolute Gasteiger partial charge is 0.366 e. The van der Waals surface area contributed by atoms with E-state index in [1.807, 2.05) is 0 Å². The average molecular weight is 294 g/mol. The van der Waals surface area contributed by atoms with Crippen LogP contribution in [0.25, 0.3) is 0 Å².